The zero-order valence-electron chi connectivity index (χ0n) is 17.6. The number of alkyl halides is 1. The van der Waals surface area contributed by atoms with Gasteiger partial charge in [0.05, 0.1) is 0 Å². The lowest BCUT2D eigenvalue weighted by molar-refractivity contribution is 0.137. The highest BCUT2D eigenvalue weighted by Crippen LogP contribution is 2.53. The Balaban J connectivity index is 0.000000181. The van der Waals surface area contributed by atoms with Crippen LogP contribution in [0.2, 0.25) is 0 Å². The Bertz CT molecular complexity index is 449. The van der Waals surface area contributed by atoms with Gasteiger partial charge >= 0.3 is 0 Å². The van der Waals surface area contributed by atoms with Gasteiger partial charge in [-0.05, 0) is 42.4 Å². The molecule has 2 heteroatoms. The van der Waals surface area contributed by atoms with E-state index < -0.39 is 5.67 Å². The van der Waals surface area contributed by atoms with E-state index in [9.17, 15) is 4.39 Å². The van der Waals surface area contributed by atoms with Crippen molar-refractivity contribution >= 4 is 0 Å². The third kappa shape index (κ3) is 5.75. The third-order valence-corrected chi connectivity index (χ3v) is 6.17. The summed E-state index contributed by atoms with van der Waals surface area (Å²) in [6.07, 6.45) is 6.72. The Hall–Kier alpha value is -0.580. The molecule has 0 N–H and O–H groups in total. The molecule has 0 spiro atoms. The molecule has 0 saturated heterocycles. The first-order valence-corrected chi connectivity index (χ1v) is 9.66. The third-order valence-electron chi connectivity index (χ3n) is 6.17. The van der Waals surface area contributed by atoms with Gasteiger partial charge in [-0.1, -0.05) is 62.3 Å². The van der Waals surface area contributed by atoms with E-state index in [-0.39, 0.29) is 16.4 Å². The first kappa shape index (κ1) is 21.5. The Kier molecular flexibility index (Phi) is 5.92. The second-order valence-corrected chi connectivity index (χ2v) is 11.2. The second-order valence-electron chi connectivity index (χ2n) is 11.2. The van der Waals surface area contributed by atoms with E-state index >= 15 is 0 Å². The summed E-state index contributed by atoms with van der Waals surface area (Å²) in [5.41, 5.74) is -0.0955. The average molecular weight is 338 g/mol. The molecule has 0 aromatic heterocycles. The molecule has 0 radical (unpaired) electrons. The number of rotatable bonds is 0. The van der Waals surface area contributed by atoms with Crippen molar-refractivity contribution in [3.63, 3.8) is 0 Å². The molecule has 0 aromatic rings. The van der Waals surface area contributed by atoms with Crippen molar-refractivity contribution in [1.29, 1.82) is 0 Å². The monoisotopic (exact) mass is 337 g/mol. The summed E-state index contributed by atoms with van der Waals surface area (Å²) in [5, 5.41) is 0. The summed E-state index contributed by atoms with van der Waals surface area (Å²) in [6, 6.07) is 0. The molecule has 0 bridgehead atoms. The first-order chi connectivity index (χ1) is 10.6. The summed E-state index contributed by atoms with van der Waals surface area (Å²) in [5.74, 6) is 1.05. The number of hydrogen-bond donors (Lipinski definition) is 0. The van der Waals surface area contributed by atoms with Gasteiger partial charge in [-0.2, -0.15) is 0 Å². The van der Waals surface area contributed by atoms with Gasteiger partial charge in [-0.25, -0.2) is 11.0 Å². The van der Waals surface area contributed by atoms with Gasteiger partial charge in [0.15, 0.2) is 0 Å². The van der Waals surface area contributed by atoms with Gasteiger partial charge in [0.1, 0.15) is 5.67 Å². The van der Waals surface area contributed by atoms with Crippen LogP contribution in [0.4, 0.5) is 4.39 Å². The standard InChI is InChI=1S/C8H13N.C7H13F.C7H14/c1-7(2,3)8(9-4)5-6-8;1-6(2,3)7(8)4-5-7;1-7(2,3)6-4-5-6/h5-6H2,1-3H3;4-5H2,1-3H3;6H,4-5H2,1-3H3. The maximum Gasteiger partial charge on any atom is 0.237 e. The highest BCUT2D eigenvalue weighted by molar-refractivity contribution is 5.17. The van der Waals surface area contributed by atoms with Crippen molar-refractivity contribution in [1.82, 2.24) is 0 Å². The summed E-state index contributed by atoms with van der Waals surface area (Å²) in [4.78, 5) is 3.65. The fraction of sp³-hybridized carbons (Fsp3) is 0.955. The van der Waals surface area contributed by atoms with Crippen molar-refractivity contribution in [2.45, 2.75) is 112 Å². The largest absolute Gasteiger partial charge is 0.310 e. The summed E-state index contributed by atoms with van der Waals surface area (Å²) in [6.45, 7) is 26.2. The van der Waals surface area contributed by atoms with Crippen molar-refractivity contribution in [2.75, 3.05) is 0 Å². The van der Waals surface area contributed by atoms with Crippen LogP contribution < -0.4 is 0 Å². The molecule has 0 aliphatic heterocycles. The van der Waals surface area contributed by atoms with Gasteiger partial charge in [0.2, 0.25) is 5.54 Å². The van der Waals surface area contributed by atoms with Crippen LogP contribution in [-0.2, 0) is 0 Å². The highest BCUT2D eigenvalue weighted by atomic mass is 19.1. The molecule has 3 aliphatic carbocycles. The average Bonchev–Trinajstić information content (AvgIpc) is 3.22. The molecule has 3 saturated carbocycles. The van der Waals surface area contributed by atoms with Gasteiger partial charge in [-0.3, -0.25) is 0 Å². The Morgan fingerprint density at radius 2 is 1.21 bits per heavy atom. The van der Waals surface area contributed by atoms with Crippen molar-refractivity contribution in [3.05, 3.63) is 11.4 Å². The molecule has 0 aromatic carbocycles. The fourth-order valence-electron chi connectivity index (χ4n) is 2.96. The maximum absolute atomic E-state index is 13.0. The second kappa shape index (κ2) is 6.62. The van der Waals surface area contributed by atoms with Gasteiger partial charge in [0.25, 0.3) is 0 Å². The lowest BCUT2D eigenvalue weighted by atomic mass is 9.85. The molecular weight excluding hydrogens is 297 g/mol. The van der Waals surface area contributed by atoms with Crippen LogP contribution in [0.25, 0.3) is 4.85 Å². The summed E-state index contributed by atoms with van der Waals surface area (Å²) < 4.78 is 13.0. The molecule has 24 heavy (non-hydrogen) atoms. The van der Waals surface area contributed by atoms with E-state index in [1.807, 2.05) is 20.8 Å². The van der Waals surface area contributed by atoms with Crippen LogP contribution in [0.3, 0.4) is 0 Å². The molecule has 3 aliphatic rings. The fourth-order valence-corrected chi connectivity index (χ4v) is 2.96. The minimum atomic E-state index is -0.812. The molecule has 1 nitrogen and oxygen atoms in total. The van der Waals surface area contributed by atoms with Crippen LogP contribution >= 0.6 is 0 Å². The van der Waals surface area contributed by atoms with E-state index in [1.54, 1.807) is 0 Å². The molecule has 3 rings (SSSR count). The predicted molar refractivity (Wildman–Crippen MR) is 103 cm³/mol. The lowest BCUT2D eigenvalue weighted by Crippen LogP contribution is -2.24. The van der Waals surface area contributed by atoms with Crippen molar-refractivity contribution < 1.29 is 4.39 Å². The zero-order valence-corrected chi connectivity index (χ0v) is 17.6. The molecule has 0 amide bonds. The number of halogens is 1. The van der Waals surface area contributed by atoms with E-state index in [4.69, 9.17) is 6.57 Å². The Morgan fingerprint density at radius 3 is 1.21 bits per heavy atom. The van der Waals surface area contributed by atoms with E-state index in [0.29, 0.717) is 5.41 Å². The SMILES string of the molecule is CC(C)(C)C1(F)CC1.CC(C)(C)C1CC1.[C-]#[N+]C1(C(C)(C)C)CC1. The topological polar surface area (TPSA) is 4.36 Å². The zero-order chi connectivity index (χ0) is 19.0. The van der Waals surface area contributed by atoms with E-state index in [0.717, 1.165) is 31.6 Å². The normalized spacial score (nSPS) is 23.7. The van der Waals surface area contributed by atoms with Crippen LogP contribution in [0.15, 0.2) is 0 Å². The molecule has 140 valence electrons. The Morgan fingerprint density at radius 1 is 0.792 bits per heavy atom. The lowest BCUT2D eigenvalue weighted by Gasteiger charge is -2.22. The minimum absolute atomic E-state index is 0.0208. The first-order valence-electron chi connectivity index (χ1n) is 9.66. The van der Waals surface area contributed by atoms with E-state index in [2.05, 4.69) is 46.4 Å². The smallest absolute Gasteiger partial charge is 0.237 e. The Labute approximate surface area is 150 Å². The highest BCUT2D eigenvalue weighted by Gasteiger charge is 2.59. The maximum atomic E-state index is 13.0. The van der Waals surface area contributed by atoms with Crippen LogP contribution in [0.1, 0.15) is 101 Å². The van der Waals surface area contributed by atoms with Gasteiger partial charge in [-0.15, -0.1) is 0 Å². The summed E-state index contributed by atoms with van der Waals surface area (Å²) in [7, 11) is 0. The quantitative estimate of drug-likeness (QED) is 0.404. The van der Waals surface area contributed by atoms with Crippen molar-refractivity contribution in [3.8, 4) is 0 Å². The minimum Gasteiger partial charge on any atom is -0.310 e. The molecule has 3 fully saturated rings. The van der Waals surface area contributed by atoms with Crippen molar-refractivity contribution in [2.24, 2.45) is 22.2 Å². The van der Waals surface area contributed by atoms with Crippen LogP contribution in [0, 0.1) is 28.7 Å². The van der Waals surface area contributed by atoms with Gasteiger partial charge < -0.3 is 4.85 Å². The molecule has 0 atom stereocenters. The number of nitrogens with zero attached hydrogens (tertiary/aromatic N) is 1. The van der Waals surface area contributed by atoms with Crippen LogP contribution in [0.5, 0.6) is 0 Å². The molecule has 0 heterocycles. The van der Waals surface area contributed by atoms with Gasteiger partial charge in [0, 0.05) is 18.3 Å². The van der Waals surface area contributed by atoms with Crippen LogP contribution in [-0.4, -0.2) is 11.2 Å². The number of hydrogen-bond acceptors (Lipinski definition) is 0. The summed E-state index contributed by atoms with van der Waals surface area (Å²) >= 11 is 0. The van der Waals surface area contributed by atoms with E-state index in [1.165, 1.54) is 12.8 Å². The predicted octanol–water partition coefficient (Wildman–Crippen LogP) is 7.46. The molecule has 0 unspecified atom stereocenters. The molecular formula is C22H40FN.